The number of benzene rings is 3. The summed E-state index contributed by atoms with van der Waals surface area (Å²) >= 11 is 3.90. The molecular weight excluding hydrogens is 416 g/mol. The first-order valence-corrected chi connectivity index (χ1v) is 11.2. The van der Waals surface area contributed by atoms with E-state index in [1.54, 1.807) is 0 Å². The lowest BCUT2D eigenvalue weighted by molar-refractivity contribution is 0.420. The average molecular weight is 439 g/mol. The molecule has 6 rings (SSSR count). The van der Waals surface area contributed by atoms with Gasteiger partial charge >= 0.3 is 0 Å². The van der Waals surface area contributed by atoms with Crippen molar-refractivity contribution in [3.63, 3.8) is 0 Å². The van der Waals surface area contributed by atoms with Gasteiger partial charge in [-0.3, -0.25) is 0 Å². The summed E-state index contributed by atoms with van der Waals surface area (Å²) in [6.07, 6.45) is 9.30. The molecule has 29 heavy (non-hydrogen) atoms. The van der Waals surface area contributed by atoms with Crippen LogP contribution >= 0.6 is 15.9 Å². The summed E-state index contributed by atoms with van der Waals surface area (Å²) in [5, 5.41) is 0. The summed E-state index contributed by atoms with van der Waals surface area (Å²) in [7, 11) is 0. The highest BCUT2D eigenvalue weighted by molar-refractivity contribution is 9.10. The van der Waals surface area contributed by atoms with Gasteiger partial charge in [0.2, 0.25) is 0 Å². The molecule has 0 fully saturated rings. The first kappa shape index (κ1) is 17.5. The minimum atomic E-state index is -0.159. The SMILES string of the molecule is CC1(C)c2ccccc2C2(c3ccccc31)c1cccc(Br)c1C1C=CC=CC12. The maximum absolute atomic E-state index is 3.90. The van der Waals surface area contributed by atoms with Crippen LogP contribution in [0.15, 0.2) is 95.5 Å². The summed E-state index contributed by atoms with van der Waals surface area (Å²) in [6.45, 7) is 4.75. The molecule has 3 aromatic carbocycles. The Morgan fingerprint density at radius 3 is 1.86 bits per heavy atom. The van der Waals surface area contributed by atoms with E-state index in [0.717, 1.165) is 0 Å². The van der Waals surface area contributed by atoms with Gasteiger partial charge in [0.15, 0.2) is 0 Å². The number of halogens is 1. The molecule has 2 unspecified atom stereocenters. The second-order valence-corrected chi connectivity index (χ2v) is 9.90. The van der Waals surface area contributed by atoms with Crippen molar-refractivity contribution in [2.75, 3.05) is 0 Å². The first-order valence-electron chi connectivity index (χ1n) is 10.4. The summed E-state index contributed by atoms with van der Waals surface area (Å²) < 4.78 is 1.22. The zero-order chi connectivity index (χ0) is 19.8. The Morgan fingerprint density at radius 1 is 0.655 bits per heavy atom. The zero-order valence-corrected chi connectivity index (χ0v) is 18.3. The van der Waals surface area contributed by atoms with Crippen LogP contribution in [0.4, 0.5) is 0 Å². The minimum absolute atomic E-state index is 0.0169. The molecule has 1 spiro atoms. The molecule has 0 N–H and O–H groups in total. The normalized spacial score (nSPS) is 24.0. The number of allylic oxidation sites excluding steroid dienone is 4. The Bertz CT molecular complexity index is 1160. The van der Waals surface area contributed by atoms with E-state index in [1.807, 2.05) is 0 Å². The van der Waals surface area contributed by atoms with Gasteiger partial charge in [-0.05, 0) is 39.4 Å². The molecule has 3 aliphatic rings. The van der Waals surface area contributed by atoms with Crippen LogP contribution in [0.25, 0.3) is 0 Å². The zero-order valence-electron chi connectivity index (χ0n) is 16.7. The topological polar surface area (TPSA) is 0 Å². The fourth-order valence-electron chi connectivity index (χ4n) is 6.38. The van der Waals surface area contributed by atoms with Crippen molar-refractivity contribution in [2.45, 2.75) is 30.6 Å². The van der Waals surface area contributed by atoms with Crippen LogP contribution in [0.1, 0.15) is 53.1 Å². The highest BCUT2D eigenvalue weighted by Gasteiger charge is 2.58. The van der Waals surface area contributed by atoms with Gasteiger partial charge in [0, 0.05) is 21.7 Å². The quantitative estimate of drug-likeness (QED) is 0.346. The third-order valence-corrected chi connectivity index (χ3v) is 8.19. The van der Waals surface area contributed by atoms with Crippen molar-refractivity contribution >= 4 is 15.9 Å². The molecule has 0 radical (unpaired) electrons. The van der Waals surface area contributed by atoms with Crippen LogP contribution in [0.2, 0.25) is 0 Å². The predicted octanol–water partition coefficient (Wildman–Crippen LogP) is 7.26. The van der Waals surface area contributed by atoms with Gasteiger partial charge in [-0.2, -0.15) is 0 Å². The second kappa shape index (κ2) is 5.83. The molecule has 0 nitrogen and oxygen atoms in total. The molecule has 0 heterocycles. The summed E-state index contributed by atoms with van der Waals surface area (Å²) in [5.74, 6) is 0.757. The lowest BCUT2D eigenvalue weighted by Crippen LogP contribution is -2.44. The average Bonchev–Trinajstić information content (AvgIpc) is 3.05. The van der Waals surface area contributed by atoms with Crippen LogP contribution in [0.5, 0.6) is 0 Å². The molecule has 1 heteroatoms. The molecule has 3 aliphatic carbocycles. The van der Waals surface area contributed by atoms with Gasteiger partial charge in [-0.15, -0.1) is 0 Å². The molecule has 0 saturated carbocycles. The second-order valence-electron chi connectivity index (χ2n) is 9.05. The van der Waals surface area contributed by atoms with E-state index in [1.165, 1.54) is 37.9 Å². The highest BCUT2D eigenvalue weighted by atomic mass is 79.9. The third-order valence-electron chi connectivity index (χ3n) is 7.50. The monoisotopic (exact) mass is 438 g/mol. The summed E-state index contributed by atoms with van der Waals surface area (Å²) in [5.41, 5.74) is 8.56. The fourth-order valence-corrected chi connectivity index (χ4v) is 7.01. The third kappa shape index (κ3) is 2.00. The number of rotatable bonds is 0. The Hall–Kier alpha value is -2.38. The Balaban J connectivity index is 1.83. The Labute approximate surface area is 181 Å². The molecule has 0 aliphatic heterocycles. The first-order chi connectivity index (χ1) is 14.1. The standard InChI is InChI=1S/C28H23Br/c1-27(2)20-12-5-7-14-22(20)28(23-15-8-6-13-21(23)27)19-11-4-3-10-18(19)26-24(28)16-9-17-25(26)29/h3-19H,1-2H3. The molecular formula is C28H23Br. The van der Waals surface area contributed by atoms with E-state index in [0.29, 0.717) is 11.8 Å². The van der Waals surface area contributed by atoms with Crippen LogP contribution in [-0.4, -0.2) is 0 Å². The van der Waals surface area contributed by atoms with E-state index in [2.05, 4.69) is 121 Å². The van der Waals surface area contributed by atoms with Crippen LogP contribution < -0.4 is 0 Å². The molecule has 0 saturated heterocycles. The minimum Gasteiger partial charge on any atom is -0.0789 e. The highest BCUT2D eigenvalue weighted by Crippen LogP contribution is 2.65. The maximum atomic E-state index is 3.90. The van der Waals surface area contributed by atoms with Crippen molar-refractivity contribution in [3.8, 4) is 0 Å². The smallest absolute Gasteiger partial charge is 0.0532 e. The van der Waals surface area contributed by atoms with Crippen molar-refractivity contribution < 1.29 is 0 Å². The predicted molar refractivity (Wildman–Crippen MR) is 124 cm³/mol. The van der Waals surface area contributed by atoms with Gasteiger partial charge < -0.3 is 0 Å². The lowest BCUT2D eigenvalue weighted by Gasteiger charge is -2.49. The molecule has 0 bridgehead atoms. The largest absolute Gasteiger partial charge is 0.0789 e. The Morgan fingerprint density at radius 2 is 1.21 bits per heavy atom. The van der Waals surface area contributed by atoms with Crippen molar-refractivity contribution in [2.24, 2.45) is 5.92 Å². The van der Waals surface area contributed by atoms with Crippen LogP contribution in [-0.2, 0) is 10.8 Å². The van der Waals surface area contributed by atoms with Crippen LogP contribution in [0, 0.1) is 5.92 Å². The fraction of sp³-hybridized carbons (Fsp3) is 0.214. The van der Waals surface area contributed by atoms with Crippen molar-refractivity contribution in [1.82, 2.24) is 0 Å². The van der Waals surface area contributed by atoms with E-state index in [9.17, 15) is 0 Å². The van der Waals surface area contributed by atoms with Crippen LogP contribution in [0.3, 0.4) is 0 Å². The number of hydrogen-bond donors (Lipinski definition) is 0. The molecule has 3 aromatic rings. The maximum Gasteiger partial charge on any atom is 0.0532 e. The van der Waals surface area contributed by atoms with Gasteiger partial charge in [0.1, 0.15) is 0 Å². The van der Waals surface area contributed by atoms with Crippen molar-refractivity contribution in [1.29, 1.82) is 0 Å². The van der Waals surface area contributed by atoms with Gasteiger partial charge in [0.05, 0.1) is 5.41 Å². The van der Waals surface area contributed by atoms with E-state index in [4.69, 9.17) is 0 Å². The number of hydrogen-bond acceptors (Lipinski definition) is 0. The van der Waals surface area contributed by atoms with Gasteiger partial charge in [-0.1, -0.05) is 115 Å². The van der Waals surface area contributed by atoms with E-state index >= 15 is 0 Å². The van der Waals surface area contributed by atoms with Crippen molar-refractivity contribution in [3.05, 3.63) is 129 Å². The molecule has 142 valence electrons. The van der Waals surface area contributed by atoms with Gasteiger partial charge in [0.25, 0.3) is 0 Å². The molecule has 0 aromatic heterocycles. The summed E-state index contributed by atoms with van der Waals surface area (Å²) in [4.78, 5) is 0. The van der Waals surface area contributed by atoms with Gasteiger partial charge in [-0.25, -0.2) is 0 Å². The molecule has 2 atom stereocenters. The number of fused-ring (bicyclic) bond motifs is 9. The lowest BCUT2D eigenvalue weighted by atomic mass is 9.53. The van der Waals surface area contributed by atoms with E-state index < -0.39 is 0 Å². The molecule has 0 amide bonds. The summed E-state index contributed by atoms with van der Waals surface area (Å²) in [6, 6.07) is 25.1. The van der Waals surface area contributed by atoms with E-state index in [-0.39, 0.29) is 10.8 Å². The Kier molecular flexibility index (Phi) is 3.51.